The fraction of sp³-hybridized carbons (Fsp3) is 0.481. The number of carbonyl (C=O) groups is 1. The zero-order chi connectivity index (χ0) is 26.7. The number of carbonyl (C=O) groups excluding carboxylic acids is 1. The number of halogens is 1. The third kappa shape index (κ3) is 6.82. The molecule has 0 spiro atoms. The van der Waals surface area contributed by atoms with E-state index in [2.05, 4.69) is 42.5 Å². The second kappa shape index (κ2) is 11.7. The number of rotatable bonds is 8. The monoisotopic (exact) mass is 562 g/mol. The summed E-state index contributed by atoms with van der Waals surface area (Å²) < 4.78 is 28.2. The van der Waals surface area contributed by atoms with Crippen LogP contribution in [-0.4, -0.2) is 66.7 Å². The molecule has 1 fully saturated rings. The normalized spacial score (nSPS) is 15.9. The van der Waals surface area contributed by atoms with E-state index in [1.54, 1.807) is 52.6 Å². The van der Waals surface area contributed by atoms with Crippen LogP contribution in [-0.2, 0) is 21.2 Å². The lowest BCUT2D eigenvalue weighted by atomic mass is 10.1. The minimum atomic E-state index is -3.57. The van der Waals surface area contributed by atoms with E-state index in [-0.39, 0.29) is 29.0 Å². The first-order valence-corrected chi connectivity index (χ1v) is 15.6. The average molecular weight is 563 g/mol. The van der Waals surface area contributed by atoms with Crippen molar-refractivity contribution < 1.29 is 13.2 Å². The van der Waals surface area contributed by atoms with E-state index in [9.17, 15) is 13.2 Å². The standard InChI is InChI=1S/C27H35ClN4O3S2/c1-19(2)29-27-32(20(3)4)24(18-36-27)17-30-10-12-31(13-11-30)26(33)9-14-37(34,35)25-8-6-21-15-23(28)7-5-22(21)16-25/h5-8,15-16,18-20H,9-14,17H2,1-4H3. The van der Waals surface area contributed by atoms with Gasteiger partial charge in [0.2, 0.25) is 5.91 Å². The van der Waals surface area contributed by atoms with E-state index in [1.165, 1.54) is 5.69 Å². The first-order valence-electron chi connectivity index (χ1n) is 12.7. The summed E-state index contributed by atoms with van der Waals surface area (Å²) in [6.45, 7) is 12.1. The highest BCUT2D eigenvalue weighted by Gasteiger charge is 2.24. The predicted octanol–water partition coefficient (Wildman–Crippen LogP) is 4.75. The number of aromatic nitrogens is 1. The molecule has 1 aromatic heterocycles. The van der Waals surface area contributed by atoms with Gasteiger partial charge in [-0.15, -0.1) is 11.3 Å². The van der Waals surface area contributed by atoms with Crippen LogP contribution in [0.1, 0.15) is 45.9 Å². The van der Waals surface area contributed by atoms with Gasteiger partial charge >= 0.3 is 0 Å². The number of hydrogen-bond donors (Lipinski definition) is 0. The van der Waals surface area contributed by atoms with Gasteiger partial charge in [0, 0.05) is 67.3 Å². The number of fused-ring (bicyclic) bond motifs is 1. The Morgan fingerprint density at radius 3 is 2.38 bits per heavy atom. The number of nitrogens with zero attached hydrogens (tertiary/aromatic N) is 4. The number of sulfone groups is 1. The summed E-state index contributed by atoms with van der Waals surface area (Å²) >= 11 is 7.70. The molecule has 2 heterocycles. The smallest absolute Gasteiger partial charge is 0.223 e. The molecule has 2 aromatic carbocycles. The van der Waals surface area contributed by atoms with Crippen molar-refractivity contribution in [1.29, 1.82) is 0 Å². The third-order valence-corrected chi connectivity index (χ3v) is 9.38. The average Bonchev–Trinajstić information content (AvgIpc) is 3.24. The molecule has 1 saturated heterocycles. The molecular formula is C27H35ClN4O3S2. The third-order valence-electron chi connectivity index (χ3n) is 6.53. The summed E-state index contributed by atoms with van der Waals surface area (Å²) in [5.41, 5.74) is 1.24. The molecule has 7 nitrogen and oxygen atoms in total. The Morgan fingerprint density at radius 1 is 1.03 bits per heavy atom. The van der Waals surface area contributed by atoms with Crippen molar-refractivity contribution in [3.05, 3.63) is 57.3 Å². The minimum Gasteiger partial charge on any atom is -0.340 e. The summed E-state index contributed by atoms with van der Waals surface area (Å²) in [5.74, 6) is -0.307. The van der Waals surface area contributed by atoms with E-state index in [0.717, 1.165) is 35.2 Å². The molecule has 0 unspecified atom stereocenters. The van der Waals surface area contributed by atoms with Crippen LogP contribution in [0.3, 0.4) is 0 Å². The highest BCUT2D eigenvalue weighted by atomic mass is 35.5. The summed E-state index contributed by atoms with van der Waals surface area (Å²) in [6, 6.07) is 10.9. The molecule has 0 N–H and O–H groups in total. The molecule has 1 amide bonds. The van der Waals surface area contributed by atoms with Gasteiger partial charge in [0.1, 0.15) is 0 Å². The molecule has 200 valence electrons. The molecule has 3 aromatic rings. The highest BCUT2D eigenvalue weighted by molar-refractivity contribution is 7.91. The van der Waals surface area contributed by atoms with Crippen molar-refractivity contribution in [2.24, 2.45) is 4.99 Å². The van der Waals surface area contributed by atoms with Gasteiger partial charge in [-0.1, -0.05) is 23.7 Å². The summed E-state index contributed by atoms with van der Waals surface area (Å²) in [7, 11) is -3.57. The van der Waals surface area contributed by atoms with Gasteiger partial charge in [-0.3, -0.25) is 14.7 Å². The number of benzene rings is 2. The predicted molar refractivity (Wildman–Crippen MR) is 151 cm³/mol. The molecule has 10 heteroatoms. The quantitative estimate of drug-likeness (QED) is 0.397. The van der Waals surface area contributed by atoms with Gasteiger partial charge in [0.15, 0.2) is 14.6 Å². The molecule has 1 aliphatic heterocycles. The largest absolute Gasteiger partial charge is 0.340 e. The van der Waals surface area contributed by atoms with Crippen molar-refractivity contribution in [2.75, 3.05) is 31.9 Å². The van der Waals surface area contributed by atoms with Crippen molar-refractivity contribution in [2.45, 2.75) is 57.6 Å². The Hall–Kier alpha value is -2.20. The number of hydrogen-bond acceptors (Lipinski definition) is 6. The topological polar surface area (TPSA) is 75.0 Å². The lowest BCUT2D eigenvalue weighted by Gasteiger charge is -2.35. The maximum atomic E-state index is 12.9. The summed E-state index contributed by atoms with van der Waals surface area (Å²) in [6.07, 6.45) is -0.0149. The molecule has 1 aliphatic rings. The van der Waals surface area contributed by atoms with Gasteiger partial charge in [-0.05, 0) is 62.7 Å². The zero-order valence-electron chi connectivity index (χ0n) is 21.9. The molecule has 0 atom stereocenters. The summed E-state index contributed by atoms with van der Waals surface area (Å²) in [4.78, 5) is 23.0. The van der Waals surface area contributed by atoms with E-state index in [4.69, 9.17) is 16.6 Å². The van der Waals surface area contributed by atoms with Crippen LogP contribution in [0.2, 0.25) is 5.02 Å². The Labute approximate surface area is 228 Å². The number of thiazole rings is 1. The molecule has 37 heavy (non-hydrogen) atoms. The summed E-state index contributed by atoms with van der Waals surface area (Å²) in [5, 5.41) is 4.48. The van der Waals surface area contributed by atoms with Crippen molar-refractivity contribution in [3.8, 4) is 0 Å². The second-order valence-electron chi connectivity index (χ2n) is 10.1. The first-order chi connectivity index (χ1) is 17.5. The van der Waals surface area contributed by atoms with Gasteiger partial charge < -0.3 is 9.47 Å². The molecule has 0 radical (unpaired) electrons. The van der Waals surface area contributed by atoms with E-state index >= 15 is 0 Å². The van der Waals surface area contributed by atoms with Crippen LogP contribution in [0, 0.1) is 0 Å². The highest BCUT2D eigenvalue weighted by Crippen LogP contribution is 2.24. The van der Waals surface area contributed by atoms with Gasteiger partial charge in [0.25, 0.3) is 0 Å². The van der Waals surface area contributed by atoms with Gasteiger partial charge in [-0.2, -0.15) is 0 Å². The van der Waals surface area contributed by atoms with Crippen molar-refractivity contribution >= 4 is 49.5 Å². The maximum absolute atomic E-state index is 12.9. The number of amides is 1. The lowest BCUT2D eigenvalue weighted by Crippen LogP contribution is -2.48. The van der Waals surface area contributed by atoms with Crippen molar-refractivity contribution in [1.82, 2.24) is 14.4 Å². The van der Waals surface area contributed by atoms with Crippen LogP contribution in [0.5, 0.6) is 0 Å². The van der Waals surface area contributed by atoms with Crippen LogP contribution >= 0.6 is 22.9 Å². The fourth-order valence-electron chi connectivity index (χ4n) is 4.61. The Kier molecular flexibility index (Phi) is 8.78. The van der Waals surface area contributed by atoms with Crippen LogP contribution in [0.25, 0.3) is 10.8 Å². The minimum absolute atomic E-state index is 0.0149. The fourth-order valence-corrected chi connectivity index (χ4v) is 7.19. The van der Waals surface area contributed by atoms with Crippen LogP contribution < -0.4 is 4.80 Å². The van der Waals surface area contributed by atoms with E-state index in [0.29, 0.717) is 24.2 Å². The van der Waals surface area contributed by atoms with Gasteiger partial charge in [0.05, 0.1) is 10.6 Å². The maximum Gasteiger partial charge on any atom is 0.223 e. The lowest BCUT2D eigenvalue weighted by molar-refractivity contribution is -0.132. The van der Waals surface area contributed by atoms with E-state index in [1.807, 2.05) is 0 Å². The van der Waals surface area contributed by atoms with Crippen molar-refractivity contribution in [3.63, 3.8) is 0 Å². The SMILES string of the molecule is CC(C)N=c1scc(CN2CCN(C(=O)CCS(=O)(=O)c3ccc4cc(Cl)ccc4c3)CC2)n1C(C)C. The first kappa shape index (κ1) is 27.8. The number of piperazine rings is 1. The zero-order valence-corrected chi connectivity index (χ0v) is 24.2. The second-order valence-corrected chi connectivity index (χ2v) is 13.5. The van der Waals surface area contributed by atoms with E-state index < -0.39 is 9.84 Å². The van der Waals surface area contributed by atoms with Gasteiger partial charge in [-0.25, -0.2) is 8.42 Å². The van der Waals surface area contributed by atoms with Crippen LogP contribution in [0.15, 0.2) is 51.7 Å². The van der Waals surface area contributed by atoms with Crippen LogP contribution in [0.4, 0.5) is 0 Å². The molecule has 0 bridgehead atoms. The molecule has 0 saturated carbocycles. The molecular weight excluding hydrogens is 528 g/mol. The molecule has 0 aliphatic carbocycles. The Bertz CT molecular complexity index is 1440. The Balaban J connectivity index is 1.33. The molecule has 4 rings (SSSR count). The Morgan fingerprint density at radius 2 is 1.70 bits per heavy atom.